The van der Waals surface area contributed by atoms with E-state index in [1.165, 1.54) is 48.6 Å². The maximum Gasteiger partial charge on any atom is 0.109 e. The smallest absolute Gasteiger partial charge is 0.109 e. The molecule has 0 bridgehead atoms. The number of aromatic nitrogens is 2. The van der Waals surface area contributed by atoms with Gasteiger partial charge < -0.3 is 4.57 Å². The van der Waals surface area contributed by atoms with E-state index >= 15 is 0 Å². The van der Waals surface area contributed by atoms with Gasteiger partial charge >= 0.3 is 0 Å². The standard InChI is InChI=1S/C24H29N3/c1-20-16-25-24(27(20)19-22-11-6-3-7-12-22)15-23-13-8-14-26(18-23)17-21-9-4-2-5-10-21/h2-7,9-12,16,23H,8,13-15,17-19H2,1H3. The van der Waals surface area contributed by atoms with Crippen molar-refractivity contribution in [3.8, 4) is 0 Å². The van der Waals surface area contributed by atoms with Crippen molar-refractivity contribution in [3.05, 3.63) is 89.5 Å². The predicted molar refractivity (Wildman–Crippen MR) is 111 cm³/mol. The van der Waals surface area contributed by atoms with Gasteiger partial charge in [-0.25, -0.2) is 4.98 Å². The Balaban J connectivity index is 1.41. The molecule has 3 heteroatoms. The summed E-state index contributed by atoms with van der Waals surface area (Å²) in [6.07, 6.45) is 5.70. The second kappa shape index (κ2) is 8.53. The molecule has 2 aromatic carbocycles. The number of rotatable bonds is 6. The van der Waals surface area contributed by atoms with Crippen molar-refractivity contribution in [2.45, 2.75) is 39.3 Å². The fourth-order valence-electron chi connectivity index (χ4n) is 4.22. The third-order valence-corrected chi connectivity index (χ3v) is 5.64. The third-order valence-electron chi connectivity index (χ3n) is 5.64. The average Bonchev–Trinajstić information content (AvgIpc) is 3.03. The van der Waals surface area contributed by atoms with Crippen molar-refractivity contribution in [1.29, 1.82) is 0 Å². The molecule has 0 N–H and O–H groups in total. The Morgan fingerprint density at radius 2 is 1.59 bits per heavy atom. The van der Waals surface area contributed by atoms with Crippen LogP contribution < -0.4 is 0 Å². The minimum absolute atomic E-state index is 0.693. The molecule has 1 atom stereocenters. The lowest BCUT2D eigenvalue weighted by molar-refractivity contribution is 0.165. The molecular weight excluding hydrogens is 330 g/mol. The van der Waals surface area contributed by atoms with Gasteiger partial charge in [-0.15, -0.1) is 0 Å². The molecule has 0 saturated carbocycles. The van der Waals surface area contributed by atoms with Gasteiger partial charge in [0.25, 0.3) is 0 Å². The van der Waals surface area contributed by atoms with Crippen LogP contribution in [0.5, 0.6) is 0 Å². The van der Waals surface area contributed by atoms with Gasteiger partial charge in [0.05, 0.1) is 0 Å². The summed E-state index contributed by atoms with van der Waals surface area (Å²) in [5, 5.41) is 0. The van der Waals surface area contributed by atoms with Crippen molar-refractivity contribution in [3.63, 3.8) is 0 Å². The minimum atomic E-state index is 0.693. The van der Waals surface area contributed by atoms with E-state index in [0.29, 0.717) is 5.92 Å². The first-order valence-corrected chi connectivity index (χ1v) is 10.1. The zero-order chi connectivity index (χ0) is 18.5. The molecule has 0 amide bonds. The number of likely N-dealkylation sites (tertiary alicyclic amines) is 1. The molecule has 0 spiro atoms. The number of hydrogen-bond donors (Lipinski definition) is 0. The number of hydrogen-bond acceptors (Lipinski definition) is 2. The lowest BCUT2D eigenvalue weighted by atomic mass is 9.94. The van der Waals surface area contributed by atoms with E-state index in [1.807, 2.05) is 6.20 Å². The number of benzene rings is 2. The minimum Gasteiger partial charge on any atom is -0.328 e. The molecule has 27 heavy (non-hydrogen) atoms. The quantitative estimate of drug-likeness (QED) is 0.636. The van der Waals surface area contributed by atoms with Crippen LogP contribution >= 0.6 is 0 Å². The van der Waals surface area contributed by atoms with Crippen LogP contribution in [0.15, 0.2) is 66.9 Å². The average molecular weight is 360 g/mol. The van der Waals surface area contributed by atoms with Gasteiger partial charge in [-0.05, 0) is 43.4 Å². The normalized spacial score (nSPS) is 17.9. The first-order chi connectivity index (χ1) is 13.3. The van der Waals surface area contributed by atoms with E-state index in [4.69, 9.17) is 4.98 Å². The highest BCUT2D eigenvalue weighted by Crippen LogP contribution is 2.23. The molecule has 140 valence electrons. The van der Waals surface area contributed by atoms with Gasteiger partial charge in [-0.1, -0.05) is 60.7 Å². The van der Waals surface area contributed by atoms with E-state index in [9.17, 15) is 0 Å². The second-order valence-corrected chi connectivity index (χ2v) is 7.82. The predicted octanol–water partition coefficient (Wildman–Crippen LogP) is 4.69. The number of aryl methyl sites for hydroxylation is 1. The van der Waals surface area contributed by atoms with Crippen molar-refractivity contribution in [2.75, 3.05) is 13.1 Å². The monoisotopic (exact) mass is 359 g/mol. The number of imidazole rings is 1. The molecule has 1 aromatic heterocycles. The van der Waals surface area contributed by atoms with E-state index in [2.05, 4.69) is 77.1 Å². The lowest BCUT2D eigenvalue weighted by Gasteiger charge is -2.32. The number of nitrogens with zero attached hydrogens (tertiary/aromatic N) is 3. The topological polar surface area (TPSA) is 21.1 Å². The largest absolute Gasteiger partial charge is 0.328 e. The van der Waals surface area contributed by atoms with E-state index < -0.39 is 0 Å². The molecule has 0 radical (unpaired) electrons. The Hall–Kier alpha value is -2.39. The zero-order valence-electron chi connectivity index (χ0n) is 16.2. The maximum atomic E-state index is 4.76. The molecule has 1 aliphatic heterocycles. The van der Waals surface area contributed by atoms with Crippen LogP contribution in [0.2, 0.25) is 0 Å². The number of piperidine rings is 1. The van der Waals surface area contributed by atoms with Gasteiger partial charge in [0.1, 0.15) is 5.82 Å². The van der Waals surface area contributed by atoms with Crippen LogP contribution in [0, 0.1) is 12.8 Å². The van der Waals surface area contributed by atoms with E-state index in [1.54, 1.807) is 0 Å². The van der Waals surface area contributed by atoms with E-state index in [0.717, 1.165) is 19.5 Å². The fraction of sp³-hybridized carbons (Fsp3) is 0.375. The first kappa shape index (κ1) is 18.0. The van der Waals surface area contributed by atoms with Crippen molar-refractivity contribution >= 4 is 0 Å². The van der Waals surface area contributed by atoms with Gasteiger partial charge in [0.15, 0.2) is 0 Å². The molecule has 1 unspecified atom stereocenters. The summed E-state index contributed by atoms with van der Waals surface area (Å²) in [4.78, 5) is 7.37. The van der Waals surface area contributed by atoms with Gasteiger partial charge in [0, 0.05) is 37.9 Å². The Kier molecular flexibility index (Phi) is 5.69. The Morgan fingerprint density at radius 1 is 0.926 bits per heavy atom. The molecule has 4 rings (SSSR count). The fourth-order valence-corrected chi connectivity index (χ4v) is 4.22. The summed E-state index contributed by atoms with van der Waals surface area (Å²) in [6, 6.07) is 21.6. The highest BCUT2D eigenvalue weighted by atomic mass is 15.1. The van der Waals surface area contributed by atoms with Crippen LogP contribution in [-0.4, -0.2) is 27.5 Å². The van der Waals surface area contributed by atoms with Crippen LogP contribution in [0.25, 0.3) is 0 Å². The molecule has 2 heterocycles. The maximum absolute atomic E-state index is 4.76. The van der Waals surface area contributed by atoms with Crippen LogP contribution in [0.3, 0.4) is 0 Å². The van der Waals surface area contributed by atoms with Crippen molar-refractivity contribution < 1.29 is 0 Å². The third kappa shape index (κ3) is 4.67. The summed E-state index contributed by atoms with van der Waals surface area (Å²) < 4.78 is 2.39. The van der Waals surface area contributed by atoms with Crippen molar-refractivity contribution in [2.24, 2.45) is 5.92 Å². The van der Waals surface area contributed by atoms with Crippen LogP contribution in [-0.2, 0) is 19.5 Å². The highest BCUT2D eigenvalue weighted by molar-refractivity contribution is 5.18. The summed E-state index contributed by atoms with van der Waals surface area (Å²) in [5.41, 5.74) is 4.01. The van der Waals surface area contributed by atoms with Crippen LogP contribution in [0.4, 0.5) is 0 Å². The Bertz CT molecular complexity index is 839. The molecule has 1 saturated heterocycles. The summed E-state index contributed by atoms with van der Waals surface area (Å²) >= 11 is 0. The lowest BCUT2D eigenvalue weighted by Crippen LogP contribution is -2.36. The van der Waals surface area contributed by atoms with E-state index in [-0.39, 0.29) is 0 Å². The molecule has 3 nitrogen and oxygen atoms in total. The summed E-state index contributed by atoms with van der Waals surface area (Å²) in [5.74, 6) is 1.93. The Labute approximate surface area is 162 Å². The van der Waals surface area contributed by atoms with Crippen LogP contribution in [0.1, 0.15) is 35.5 Å². The Morgan fingerprint density at radius 3 is 2.30 bits per heavy atom. The van der Waals surface area contributed by atoms with Gasteiger partial charge in [0.2, 0.25) is 0 Å². The van der Waals surface area contributed by atoms with Gasteiger partial charge in [-0.2, -0.15) is 0 Å². The molecular formula is C24H29N3. The molecule has 1 fully saturated rings. The molecule has 0 aliphatic carbocycles. The molecule has 3 aromatic rings. The van der Waals surface area contributed by atoms with Crippen molar-refractivity contribution in [1.82, 2.24) is 14.5 Å². The zero-order valence-corrected chi connectivity index (χ0v) is 16.2. The highest BCUT2D eigenvalue weighted by Gasteiger charge is 2.22. The summed E-state index contributed by atoms with van der Waals surface area (Å²) in [6.45, 7) is 6.54. The second-order valence-electron chi connectivity index (χ2n) is 7.82. The van der Waals surface area contributed by atoms with Gasteiger partial charge in [-0.3, -0.25) is 4.90 Å². The summed E-state index contributed by atoms with van der Waals surface area (Å²) in [7, 11) is 0. The molecule has 1 aliphatic rings. The first-order valence-electron chi connectivity index (χ1n) is 10.1. The SMILES string of the molecule is Cc1cnc(CC2CCCN(Cc3ccccc3)C2)n1Cc1ccccc1.